The predicted molar refractivity (Wildman–Crippen MR) is 94.8 cm³/mol. The molecule has 0 aliphatic carbocycles. The molecule has 2 atom stereocenters. The highest BCUT2D eigenvalue weighted by molar-refractivity contribution is 5.82. The summed E-state index contributed by atoms with van der Waals surface area (Å²) < 4.78 is 2.16. The molecule has 6 heteroatoms. The molecule has 2 aliphatic rings. The lowest BCUT2D eigenvalue weighted by Crippen LogP contribution is -2.52. The number of imidazole rings is 1. The van der Waals surface area contributed by atoms with Crippen LogP contribution in [0.1, 0.15) is 37.1 Å². The van der Waals surface area contributed by atoms with Crippen LogP contribution in [0.3, 0.4) is 0 Å². The standard InChI is InChI=1S/C19H25N5O/c25-19(22-16-4-5-18-21-10-12-24(18)14-16)17-3-1-2-11-23(17)13-15-6-8-20-9-7-15/h6-10,12,16-17H,1-5,11,13-14H2,(H,22,25). The van der Waals surface area contributed by atoms with Crippen LogP contribution in [0.15, 0.2) is 36.9 Å². The maximum atomic E-state index is 12.9. The Morgan fingerprint density at radius 1 is 1.20 bits per heavy atom. The molecule has 0 saturated carbocycles. The van der Waals surface area contributed by atoms with Crippen molar-refractivity contribution in [3.63, 3.8) is 0 Å². The van der Waals surface area contributed by atoms with E-state index in [0.29, 0.717) is 0 Å². The van der Waals surface area contributed by atoms with Gasteiger partial charge >= 0.3 is 0 Å². The molecule has 2 aromatic rings. The van der Waals surface area contributed by atoms with E-state index in [9.17, 15) is 4.79 Å². The first kappa shape index (κ1) is 16.3. The summed E-state index contributed by atoms with van der Waals surface area (Å²) in [6.07, 6.45) is 12.6. The van der Waals surface area contributed by atoms with Crippen LogP contribution in [-0.4, -0.2) is 44.0 Å². The molecule has 6 nitrogen and oxygen atoms in total. The summed E-state index contributed by atoms with van der Waals surface area (Å²) in [6, 6.07) is 4.25. The van der Waals surface area contributed by atoms with E-state index in [-0.39, 0.29) is 18.0 Å². The predicted octanol–water partition coefficient (Wildman–Crippen LogP) is 1.76. The fourth-order valence-corrected chi connectivity index (χ4v) is 3.98. The molecule has 132 valence electrons. The number of fused-ring (bicyclic) bond motifs is 1. The van der Waals surface area contributed by atoms with Crippen molar-refractivity contribution in [2.24, 2.45) is 0 Å². The number of likely N-dealkylation sites (tertiary alicyclic amines) is 1. The number of hydrogen-bond donors (Lipinski definition) is 1. The fourth-order valence-electron chi connectivity index (χ4n) is 3.98. The minimum absolute atomic E-state index is 0.0221. The molecule has 0 spiro atoms. The summed E-state index contributed by atoms with van der Waals surface area (Å²) in [6.45, 7) is 2.63. The zero-order chi connectivity index (χ0) is 17.1. The monoisotopic (exact) mass is 339 g/mol. The number of carbonyl (C=O) groups is 1. The summed E-state index contributed by atoms with van der Waals surface area (Å²) in [5, 5.41) is 3.29. The highest BCUT2D eigenvalue weighted by atomic mass is 16.2. The van der Waals surface area contributed by atoms with Gasteiger partial charge < -0.3 is 9.88 Å². The van der Waals surface area contributed by atoms with Crippen molar-refractivity contribution < 1.29 is 4.79 Å². The summed E-state index contributed by atoms with van der Waals surface area (Å²) in [4.78, 5) is 23.7. The molecule has 2 aromatic heterocycles. The van der Waals surface area contributed by atoms with Crippen molar-refractivity contribution in [3.05, 3.63) is 48.3 Å². The number of aromatic nitrogens is 3. The van der Waals surface area contributed by atoms with Crippen LogP contribution in [-0.2, 0) is 24.3 Å². The van der Waals surface area contributed by atoms with Crippen molar-refractivity contribution in [1.29, 1.82) is 0 Å². The van der Waals surface area contributed by atoms with Crippen LogP contribution in [0.25, 0.3) is 0 Å². The second-order valence-electron chi connectivity index (χ2n) is 7.08. The average molecular weight is 339 g/mol. The van der Waals surface area contributed by atoms with Crippen LogP contribution in [0, 0.1) is 0 Å². The summed E-state index contributed by atoms with van der Waals surface area (Å²) in [5.41, 5.74) is 1.22. The van der Waals surface area contributed by atoms with E-state index < -0.39 is 0 Å². The lowest BCUT2D eigenvalue weighted by atomic mass is 9.99. The molecule has 0 bridgehead atoms. The smallest absolute Gasteiger partial charge is 0.237 e. The lowest BCUT2D eigenvalue weighted by Gasteiger charge is -2.36. The van der Waals surface area contributed by atoms with Gasteiger partial charge in [-0.15, -0.1) is 0 Å². The fraction of sp³-hybridized carbons (Fsp3) is 0.526. The second kappa shape index (κ2) is 7.35. The van der Waals surface area contributed by atoms with E-state index in [0.717, 1.165) is 57.6 Å². The highest BCUT2D eigenvalue weighted by Gasteiger charge is 2.30. The summed E-state index contributed by atoms with van der Waals surface area (Å²) in [5.74, 6) is 1.31. The topological polar surface area (TPSA) is 63.1 Å². The van der Waals surface area contributed by atoms with Crippen LogP contribution in [0.4, 0.5) is 0 Å². The highest BCUT2D eigenvalue weighted by Crippen LogP contribution is 2.21. The van der Waals surface area contributed by atoms with Crippen molar-refractivity contribution in [2.75, 3.05) is 6.54 Å². The van der Waals surface area contributed by atoms with Crippen LogP contribution < -0.4 is 5.32 Å². The first-order chi connectivity index (χ1) is 12.3. The Labute approximate surface area is 148 Å². The number of nitrogens with one attached hydrogen (secondary N) is 1. The van der Waals surface area contributed by atoms with Gasteiger partial charge in [-0.25, -0.2) is 4.98 Å². The van der Waals surface area contributed by atoms with Gasteiger partial charge in [0.25, 0.3) is 0 Å². The van der Waals surface area contributed by atoms with Crippen molar-refractivity contribution in [2.45, 2.75) is 57.3 Å². The molecule has 25 heavy (non-hydrogen) atoms. The van der Waals surface area contributed by atoms with Gasteiger partial charge in [-0.05, 0) is 43.5 Å². The third kappa shape index (κ3) is 3.74. The molecule has 1 fully saturated rings. The van der Waals surface area contributed by atoms with Crippen molar-refractivity contribution in [1.82, 2.24) is 24.8 Å². The SMILES string of the molecule is O=C(NC1CCc2nccn2C1)C1CCCCN1Cc1ccncc1. The number of pyridine rings is 1. The van der Waals surface area contributed by atoms with E-state index >= 15 is 0 Å². The third-order valence-corrected chi connectivity index (χ3v) is 5.33. The molecule has 2 unspecified atom stereocenters. The van der Waals surface area contributed by atoms with Crippen molar-refractivity contribution in [3.8, 4) is 0 Å². The zero-order valence-corrected chi connectivity index (χ0v) is 14.5. The Morgan fingerprint density at radius 3 is 2.96 bits per heavy atom. The van der Waals surface area contributed by atoms with Gasteiger partial charge in [0.1, 0.15) is 5.82 Å². The Kier molecular flexibility index (Phi) is 4.78. The number of aryl methyl sites for hydroxylation is 1. The minimum Gasteiger partial charge on any atom is -0.350 e. The Morgan fingerprint density at radius 2 is 2.08 bits per heavy atom. The third-order valence-electron chi connectivity index (χ3n) is 5.33. The molecule has 1 N–H and O–H groups in total. The first-order valence-corrected chi connectivity index (χ1v) is 9.23. The van der Waals surface area contributed by atoms with Gasteiger partial charge in [0.15, 0.2) is 0 Å². The molecule has 0 radical (unpaired) electrons. The average Bonchev–Trinajstić information content (AvgIpc) is 3.11. The minimum atomic E-state index is -0.0221. The van der Waals surface area contributed by atoms with E-state index in [1.54, 1.807) is 0 Å². The molecular weight excluding hydrogens is 314 g/mol. The number of rotatable bonds is 4. The van der Waals surface area contributed by atoms with E-state index in [1.807, 2.05) is 36.9 Å². The maximum Gasteiger partial charge on any atom is 0.237 e. The largest absolute Gasteiger partial charge is 0.350 e. The van der Waals surface area contributed by atoms with E-state index in [1.165, 1.54) is 5.56 Å². The quantitative estimate of drug-likeness (QED) is 0.922. The first-order valence-electron chi connectivity index (χ1n) is 9.23. The molecule has 1 amide bonds. The molecular formula is C19H25N5O. The number of nitrogens with zero attached hydrogens (tertiary/aromatic N) is 4. The van der Waals surface area contributed by atoms with Crippen molar-refractivity contribution >= 4 is 5.91 Å². The lowest BCUT2D eigenvalue weighted by molar-refractivity contribution is -0.128. The number of carbonyl (C=O) groups excluding carboxylic acids is 1. The Bertz CT molecular complexity index is 714. The van der Waals surface area contributed by atoms with Gasteiger partial charge in [-0.1, -0.05) is 6.42 Å². The maximum absolute atomic E-state index is 12.9. The normalized spacial score (nSPS) is 23.8. The van der Waals surface area contributed by atoms with Gasteiger partial charge in [0.05, 0.1) is 6.04 Å². The second-order valence-corrected chi connectivity index (χ2v) is 7.08. The van der Waals surface area contributed by atoms with Gasteiger partial charge in [0, 0.05) is 50.3 Å². The van der Waals surface area contributed by atoms with Gasteiger partial charge in [-0.3, -0.25) is 14.7 Å². The summed E-state index contributed by atoms with van der Waals surface area (Å²) >= 11 is 0. The Balaban J connectivity index is 1.39. The molecule has 4 heterocycles. The van der Waals surface area contributed by atoms with Gasteiger partial charge in [0.2, 0.25) is 5.91 Å². The van der Waals surface area contributed by atoms with Crippen LogP contribution in [0.5, 0.6) is 0 Å². The zero-order valence-electron chi connectivity index (χ0n) is 14.5. The van der Waals surface area contributed by atoms with Gasteiger partial charge in [-0.2, -0.15) is 0 Å². The Hall–Kier alpha value is -2.21. The van der Waals surface area contributed by atoms with Crippen LogP contribution in [0.2, 0.25) is 0 Å². The van der Waals surface area contributed by atoms with E-state index in [2.05, 4.69) is 24.8 Å². The number of amides is 1. The molecule has 0 aromatic carbocycles. The number of piperidine rings is 1. The van der Waals surface area contributed by atoms with E-state index in [4.69, 9.17) is 0 Å². The molecule has 4 rings (SSSR count). The molecule has 1 saturated heterocycles. The molecule has 2 aliphatic heterocycles. The van der Waals surface area contributed by atoms with Crippen LogP contribution >= 0.6 is 0 Å². The summed E-state index contributed by atoms with van der Waals surface area (Å²) in [7, 11) is 0. The number of hydrogen-bond acceptors (Lipinski definition) is 4.